The zero-order valence-corrected chi connectivity index (χ0v) is 12.8. The van der Waals surface area contributed by atoms with Crippen molar-refractivity contribution in [2.75, 3.05) is 11.9 Å². The fraction of sp³-hybridized carbons (Fsp3) is 0.200. The molecule has 0 aliphatic carbocycles. The first-order valence-electron chi connectivity index (χ1n) is 6.65. The summed E-state index contributed by atoms with van der Waals surface area (Å²) in [5.74, 6) is 0. The number of hydrogen-bond acceptors (Lipinski definition) is 3. The van der Waals surface area contributed by atoms with E-state index in [4.69, 9.17) is 11.6 Å². The van der Waals surface area contributed by atoms with Crippen molar-refractivity contribution in [3.8, 4) is 0 Å². The minimum Gasteiger partial charge on any atom is -0.384 e. The van der Waals surface area contributed by atoms with Gasteiger partial charge in [0.25, 0.3) is 0 Å². The van der Waals surface area contributed by atoms with Crippen molar-refractivity contribution in [2.45, 2.75) is 17.9 Å². The average molecular weight is 323 g/mol. The number of halogens is 1. The summed E-state index contributed by atoms with van der Waals surface area (Å²) < 4.78 is 27.2. The van der Waals surface area contributed by atoms with Crippen molar-refractivity contribution >= 4 is 27.3 Å². The Morgan fingerprint density at radius 1 is 1.19 bits per heavy atom. The molecule has 110 valence electrons. The highest BCUT2D eigenvalue weighted by Crippen LogP contribution is 2.25. The molecular weight excluding hydrogens is 308 g/mol. The molecular formula is C15H15ClN2O2S. The second-order valence-corrected chi connectivity index (χ2v) is 7.15. The summed E-state index contributed by atoms with van der Waals surface area (Å²) in [6.07, 6.45) is 0.936. The second kappa shape index (κ2) is 5.67. The van der Waals surface area contributed by atoms with Crippen LogP contribution in [0, 0.1) is 0 Å². The Balaban J connectivity index is 1.78. The van der Waals surface area contributed by atoms with Crippen LogP contribution in [0.2, 0.25) is 5.02 Å². The molecule has 1 aliphatic rings. The molecule has 21 heavy (non-hydrogen) atoms. The third-order valence-electron chi connectivity index (χ3n) is 3.46. The van der Waals surface area contributed by atoms with Crippen molar-refractivity contribution in [1.29, 1.82) is 0 Å². The van der Waals surface area contributed by atoms with Crippen LogP contribution in [0.3, 0.4) is 0 Å². The number of benzene rings is 2. The van der Waals surface area contributed by atoms with Gasteiger partial charge >= 0.3 is 0 Å². The predicted octanol–water partition coefficient (Wildman–Crippen LogP) is 2.79. The molecule has 4 nitrogen and oxygen atoms in total. The molecule has 2 aromatic carbocycles. The Kier molecular flexibility index (Phi) is 3.89. The number of sulfonamides is 1. The third kappa shape index (κ3) is 3.20. The Bertz CT molecular complexity index is 775. The Labute approximate surface area is 129 Å². The first-order valence-corrected chi connectivity index (χ1v) is 8.52. The molecule has 1 heterocycles. The largest absolute Gasteiger partial charge is 0.384 e. The van der Waals surface area contributed by atoms with Gasteiger partial charge in [-0.15, -0.1) is 0 Å². The van der Waals surface area contributed by atoms with Gasteiger partial charge in [-0.2, -0.15) is 0 Å². The van der Waals surface area contributed by atoms with Gasteiger partial charge in [-0.25, -0.2) is 13.1 Å². The SMILES string of the molecule is O=S(=O)(NCc1cccc(Cl)c1)c1ccc2c(c1)NCC2. The molecule has 0 atom stereocenters. The summed E-state index contributed by atoms with van der Waals surface area (Å²) in [5, 5.41) is 3.78. The van der Waals surface area contributed by atoms with Gasteiger partial charge in [0.2, 0.25) is 10.0 Å². The lowest BCUT2D eigenvalue weighted by atomic mass is 10.2. The van der Waals surface area contributed by atoms with Crippen molar-refractivity contribution in [3.05, 3.63) is 58.6 Å². The second-order valence-electron chi connectivity index (χ2n) is 4.95. The van der Waals surface area contributed by atoms with Crippen molar-refractivity contribution < 1.29 is 8.42 Å². The van der Waals surface area contributed by atoms with E-state index in [9.17, 15) is 8.42 Å². The van der Waals surface area contributed by atoms with E-state index in [2.05, 4.69) is 10.0 Å². The average Bonchev–Trinajstić information content (AvgIpc) is 2.93. The molecule has 3 rings (SSSR count). The summed E-state index contributed by atoms with van der Waals surface area (Å²) in [6.45, 7) is 1.07. The minimum absolute atomic E-state index is 0.216. The van der Waals surface area contributed by atoms with Gasteiger partial charge in [-0.3, -0.25) is 0 Å². The lowest BCUT2D eigenvalue weighted by Gasteiger charge is -2.09. The normalized spacial score (nSPS) is 13.8. The number of rotatable bonds is 4. The number of anilines is 1. The van der Waals surface area contributed by atoms with E-state index in [1.165, 1.54) is 0 Å². The monoisotopic (exact) mass is 322 g/mol. The van der Waals surface area contributed by atoms with E-state index in [1.54, 1.807) is 30.3 Å². The van der Waals surface area contributed by atoms with Crippen LogP contribution in [0.4, 0.5) is 5.69 Å². The standard InChI is InChI=1S/C15H15ClN2O2S/c16-13-3-1-2-11(8-13)10-18-21(19,20)14-5-4-12-6-7-17-15(12)9-14/h1-5,8-9,17-18H,6-7,10H2. The van der Waals surface area contributed by atoms with Gasteiger partial charge in [-0.1, -0.05) is 29.8 Å². The molecule has 6 heteroatoms. The van der Waals surface area contributed by atoms with Gasteiger partial charge in [-0.05, 0) is 41.8 Å². The molecule has 0 bridgehead atoms. The Morgan fingerprint density at radius 2 is 2.05 bits per heavy atom. The van der Waals surface area contributed by atoms with Gasteiger partial charge < -0.3 is 5.32 Å². The van der Waals surface area contributed by atoms with E-state index < -0.39 is 10.0 Å². The maximum atomic E-state index is 12.3. The van der Waals surface area contributed by atoms with Crippen LogP contribution in [0.15, 0.2) is 47.4 Å². The van der Waals surface area contributed by atoms with E-state index in [0.29, 0.717) is 5.02 Å². The van der Waals surface area contributed by atoms with Gasteiger partial charge in [0.1, 0.15) is 0 Å². The Morgan fingerprint density at radius 3 is 2.86 bits per heavy atom. The first-order chi connectivity index (χ1) is 10.0. The van der Waals surface area contributed by atoms with Crippen molar-refractivity contribution in [2.24, 2.45) is 0 Å². The molecule has 0 saturated carbocycles. The Hall–Kier alpha value is -1.56. The summed E-state index contributed by atoms with van der Waals surface area (Å²) >= 11 is 5.89. The zero-order valence-electron chi connectivity index (χ0n) is 11.3. The minimum atomic E-state index is -3.53. The van der Waals surface area contributed by atoms with Crippen LogP contribution in [-0.2, 0) is 23.0 Å². The van der Waals surface area contributed by atoms with E-state index in [-0.39, 0.29) is 11.4 Å². The highest BCUT2D eigenvalue weighted by Gasteiger charge is 2.17. The lowest BCUT2D eigenvalue weighted by molar-refractivity contribution is 0.581. The molecule has 0 radical (unpaired) electrons. The van der Waals surface area contributed by atoms with E-state index >= 15 is 0 Å². The highest BCUT2D eigenvalue weighted by atomic mass is 35.5. The van der Waals surface area contributed by atoms with Gasteiger partial charge in [0, 0.05) is 23.8 Å². The fourth-order valence-corrected chi connectivity index (χ4v) is 3.60. The molecule has 0 amide bonds. The predicted molar refractivity (Wildman–Crippen MR) is 84.1 cm³/mol. The van der Waals surface area contributed by atoms with E-state index in [0.717, 1.165) is 29.8 Å². The fourth-order valence-electron chi connectivity index (χ4n) is 2.35. The molecule has 0 saturated heterocycles. The van der Waals surface area contributed by atoms with Crippen LogP contribution in [-0.4, -0.2) is 15.0 Å². The maximum absolute atomic E-state index is 12.3. The molecule has 0 spiro atoms. The molecule has 0 fully saturated rings. The van der Waals surface area contributed by atoms with Gasteiger partial charge in [0.15, 0.2) is 0 Å². The molecule has 0 unspecified atom stereocenters. The van der Waals surface area contributed by atoms with Crippen LogP contribution in [0.1, 0.15) is 11.1 Å². The van der Waals surface area contributed by atoms with Crippen LogP contribution < -0.4 is 10.0 Å². The topological polar surface area (TPSA) is 58.2 Å². The van der Waals surface area contributed by atoms with Crippen LogP contribution >= 0.6 is 11.6 Å². The molecule has 0 aromatic heterocycles. The number of hydrogen-bond donors (Lipinski definition) is 2. The van der Waals surface area contributed by atoms with Crippen molar-refractivity contribution in [3.63, 3.8) is 0 Å². The summed E-state index contributed by atoms with van der Waals surface area (Å²) in [5.41, 5.74) is 2.88. The summed E-state index contributed by atoms with van der Waals surface area (Å²) in [4.78, 5) is 0.276. The maximum Gasteiger partial charge on any atom is 0.240 e. The smallest absolute Gasteiger partial charge is 0.240 e. The zero-order chi connectivity index (χ0) is 14.9. The quantitative estimate of drug-likeness (QED) is 0.910. The summed E-state index contributed by atoms with van der Waals surface area (Å²) in [6, 6.07) is 12.3. The van der Waals surface area contributed by atoms with E-state index in [1.807, 2.05) is 12.1 Å². The van der Waals surface area contributed by atoms with Gasteiger partial charge in [0.05, 0.1) is 4.90 Å². The number of fused-ring (bicyclic) bond motifs is 1. The summed E-state index contributed by atoms with van der Waals surface area (Å²) in [7, 11) is -3.53. The first kappa shape index (κ1) is 14.4. The number of nitrogens with one attached hydrogen (secondary N) is 2. The molecule has 1 aliphatic heterocycles. The highest BCUT2D eigenvalue weighted by molar-refractivity contribution is 7.89. The van der Waals surface area contributed by atoms with Crippen molar-refractivity contribution in [1.82, 2.24) is 4.72 Å². The van der Waals surface area contributed by atoms with Crippen LogP contribution in [0.5, 0.6) is 0 Å². The molecule has 2 aromatic rings. The lowest BCUT2D eigenvalue weighted by Crippen LogP contribution is -2.23. The van der Waals surface area contributed by atoms with Crippen LogP contribution in [0.25, 0.3) is 0 Å². The third-order valence-corrected chi connectivity index (χ3v) is 5.09. The molecule has 2 N–H and O–H groups in total.